The van der Waals surface area contributed by atoms with Crippen LogP contribution in [0.5, 0.6) is 0 Å². The molecule has 1 aliphatic heterocycles. The third-order valence-corrected chi connectivity index (χ3v) is 5.77. The summed E-state index contributed by atoms with van der Waals surface area (Å²) in [6.07, 6.45) is 0. The molecule has 1 aliphatic rings. The number of thioether (sulfide) groups is 1. The lowest BCUT2D eigenvalue weighted by molar-refractivity contribution is 0.187. The van der Waals surface area contributed by atoms with E-state index < -0.39 is 7.49 Å². The van der Waals surface area contributed by atoms with E-state index in [0.717, 1.165) is 0 Å². The molecule has 0 fully saturated rings. The van der Waals surface area contributed by atoms with Gasteiger partial charge < -0.3 is 0 Å². The predicted molar refractivity (Wildman–Crippen MR) is 74.3 cm³/mol. The van der Waals surface area contributed by atoms with Crippen LogP contribution >= 0.6 is 19.3 Å². The van der Waals surface area contributed by atoms with E-state index in [1.807, 2.05) is 17.8 Å². The first-order valence-corrected chi connectivity index (χ1v) is 8.88. The molecule has 1 aromatic rings. The van der Waals surface area contributed by atoms with Gasteiger partial charge in [-0.25, -0.2) is 4.52 Å². The molecule has 0 saturated carbocycles. The van der Waals surface area contributed by atoms with E-state index >= 15 is 0 Å². The van der Waals surface area contributed by atoms with Gasteiger partial charge in [-0.3, -0.25) is 0 Å². The van der Waals surface area contributed by atoms with Gasteiger partial charge in [-0.2, -0.15) is 0 Å². The summed E-state index contributed by atoms with van der Waals surface area (Å²) in [5, 5.41) is 0. The van der Waals surface area contributed by atoms with Crippen LogP contribution in [0.3, 0.4) is 0 Å². The molecule has 0 saturated heterocycles. The summed E-state index contributed by atoms with van der Waals surface area (Å²) < 4.78 is 6.12. The second-order valence-corrected chi connectivity index (χ2v) is 9.37. The lowest BCUT2D eigenvalue weighted by Crippen LogP contribution is -2.19. The van der Waals surface area contributed by atoms with Crippen molar-refractivity contribution in [1.82, 2.24) is 0 Å². The molecular formula is C13H18OPS+. The van der Waals surface area contributed by atoms with Crippen molar-refractivity contribution in [3.05, 3.63) is 41.1 Å². The van der Waals surface area contributed by atoms with Gasteiger partial charge in [0.2, 0.25) is 0 Å². The van der Waals surface area contributed by atoms with E-state index in [-0.39, 0.29) is 5.60 Å². The molecule has 1 aromatic carbocycles. The van der Waals surface area contributed by atoms with Crippen LogP contribution in [-0.4, -0.2) is 18.9 Å². The van der Waals surface area contributed by atoms with Crippen LogP contribution in [0.4, 0.5) is 0 Å². The van der Waals surface area contributed by atoms with Crippen LogP contribution in [0.2, 0.25) is 0 Å². The first-order chi connectivity index (χ1) is 7.39. The van der Waals surface area contributed by atoms with Crippen molar-refractivity contribution in [3.8, 4) is 0 Å². The monoisotopic (exact) mass is 253 g/mol. The topological polar surface area (TPSA) is 9.23 Å². The van der Waals surface area contributed by atoms with Crippen LogP contribution in [0.1, 0.15) is 13.8 Å². The average Bonchev–Trinajstić information content (AvgIpc) is 2.36. The number of hydrogen-bond donors (Lipinski definition) is 0. The highest BCUT2D eigenvalue weighted by Gasteiger charge is 2.46. The van der Waals surface area contributed by atoms with E-state index in [9.17, 15) is 0 Å². The minimum Gasteiger partial charge on any atom is -0.223 e. The fraction of sp³-hybridized carbons (Fsp3) is 0.385. The predicted octanol–water partition coefficient (Wildman–Crippen LogP) is 4.62. The third-order valence-electron chi connectivity index (χ3n) is 2.46. The summed E-state index contributed by atoms with van der Waals surface area (Å²) in [6.45, 7) is 8.74. The minimum absolute atomic E-state index is 0.127. The zero-order valence-electron chi connectivity index (χ0n) is 10.2. The number of rotatable bonds is 2. The van der Waals surface area contributed by atoms with E-state index in [1.54, 1.807) is 0 Å². The Labute approximate surface area is 103 Å². The fourth-order valence-corrected chi connectivity index (χ4v) is 5.93. The molecular weight excluding hydrogens is 235 g/mol. The Bertz CT molecular complexity index is 409. The molecule has 3 heteroatoms. The van der Waals surface area contributed by atoms with Gasteiger partial charge in [-0.1, -0.05) is 30.0 Å². The Balaban J connectivity index is 2.22. The lowest BCUT2D eigenvalue weighted by Gasteiger charge is -2.20. The molecule has 86 valence electrons. The Morgan fingerprint density at radius 3 is 2.25 bits per heavy atom. The molecule has 1 nitrogen and oxygen atoms in total. The van der Waals surface area contributed by atoms with Gasteiger partial charge in [0.25, 0.3) is 0 Å². The van der Waals surface area contributed by atoms with Crippen molar-refractivity contribution in [1.29, 1.82) is 0 Å². The van der Waals surface area contributed by atoms with Crippen LogP contribution < -0.4 is 0 Å². The molecule has 0 N–H and O–H groups in total. The first kappa shape index (κ1) is 12.2. The SMILES string of the molecule is CC1(C)O[P+](C)(C)C=C1Sc1ccccc1. The van der Waals surface area contributed by atoms with Crippen LogP contribution in [-0.2, 0) is 4.52 Å². The van der Waals surface area contributed by atoms with Crippen molar-refractivity contribution in [2.24, 2.45) is 0 Å². The Morgan fingerprint density at radius 2 is 1.75 bits per heavy atom. The highest BCUT2D eigenvalue weighted by atomic mass is 32.2. The van der Waals surface area contributed by atoms with Gasteiger partial charge in [0.05, 0.1) is 18.2 Å². The van der Waals surface area contributed by atoms with Crippen molar-refractivity contribution >= 4 is 19.3 Å². The molecule has 16 heavy (non-hydrogen) atoms. The van der Waals surface area contributed by atoms with Gasteiger partial charge >= 0.3 is 0 Å². The second kappa shape index (κ2) is 4.18. The summed E-state index contributed by atoms with van der Waals surface area (Å²) in [7, 11) is -1.29. The maximum atomic E-state index is 6.12. The van der Waals surface area contributed by atoms with Crippen molar-refractivity contribution in [2.45, 2.75) is 24.3 Å². The van der Waals surface area contributed by atoms with Gasteiger partial charge in [-0.05, 0) is 26.0 Å². The van der Waals surface area contributed by atoms with Gasteiger partial charge in [-0.15, -0.1) is 0 Å². The highest BCUT2D eigenvalue weighted by Crippen LogP contribution is 2.66. The van der Waals surface area contributed by atoms with Gasteiger partial charge in [0.1, 0.15) is 11.4 Å². The van der Waals surface area contributed by atoms with Crippen molar-refractivity contribution in [2.75, 3.05) is 13.3 Å². The minimum atomic E-state index is -1.29. The van der Waals surface area contributed by atoms with Gasteiger partial charge in [0.15, 0.2) is 7.49 Å². The van der Waals surface area contributed by atoms with Crippen molar-refractivity contribution in [3.63, 3.8) is 0 Å². The average molecular weight is 253 g/mol. The molecule has 1 heterocycles. The smallest absolute Gasteiger partial charge is 0.167 e. The standard InChI is InChI=1S/C13H18OPS/c1-13(2)12(10-15(3,4)14-13)16-11-8-6-5-7-9-11/h5-10H,1-4H3/q+1. The van der Waals surface area contributed by atoms with E-state index in [2.05, 4.69) is 57.3 Å². The molecule has 2 rings (SSSR count). The van der Waals surface area contributed by atoms with Crippen LogP contribution in [0, 0.1) is 0 Å². The first-order valence-electron chi connectivity index (χ1n) is 5.40. The van der Waals surface area contributed by atoms with Crippen LogP contribution in [0.15, 0.2) is 45.9 Å². The van der Waals surface area contributed by atoms with E-state index in [1.165, 1.54) is 9.80 Å². The molecule has 0 unspecified atom stereocenters. The Hall–Kier alpha value is -0.300. The van der Waals surface area contributed by atoms with Crippen LogP contribution in [0.25, 0.3) is 0 Å². The molecule has 0 atom stereocenters. The lowest BCUT2D eigenvalue weighted by atomic mass is 10.1. The third kappa shape index (κ3) is 2.68. The number of benzene rings is 1. The molecule has 0 amide bonds. The highest BCUT2D eigenvalue weighted by molar-refractivity contribution is 8.03. The summed E-state index contributed by atoms with van der Waals surface area (Å²) >= 11 is 1.82. The molecule has 0 radical (unpaired) electrons. The van der Waals surface area contributed by atoms with E-state index in [4.69, 9.17) is 4.52 Å². The summed E-state index contributed by atoms with van der Waals surface area (Å²) in [5.74, 6) is 2.34. The van der Waals surface area contributed by atoms with Gasteiger partial charge in [0, 0.05) is 4.90 Å². The zero-order valence-corrected chi connectivity index (χ0v) is 11.9. The molecule has 0 aromatic heterocycles. The summed E-state index contributed by atoms with van der Waals surface area (Å²) in [4.78, 5) is 2.63. The Morgan fingerprint density at radius 1 is 1.12 bits per heavy atom. The molecule has 0 bridgehead atoms. The second-order valence-electron chi connectivity index (χ2n) is 4.94. The molecule has 0 aliphatic carbocycles. The van der Waals surface area contributed by atoms with E-state index in [0.29, 0.717) is 0 Å². The quantitative estimate of drug-likeness (QED) is 0.711. The zero-order chi connectivity index (χ0) is 11.8. The fourth-order valence-electron chi connectivity index (χ4n) is 1.86. The number of hydrogen-bond acceptors (Lipinski definition) is 2. The normalized spacial score (nSPS) is 21.9. The molecule has 0 spiro atoms. The maximum absolute atomic E-state index is 6.12. The summed E-state index contributed by atoms with van der Waals surface area (Å²) in [5.41, 5.74) is -0.127. The summed E-state index contributed by atoms with van der Waals surface area (Å²) in [6, 6.07) is 10.5. The van der Waals surface area contributed by atoms with Crippen molar-refractivity contribution < 1.29 is 4.52 Å². The largest absolute Gasteiger partial charge is 0.223 e. The Kier molecular flexibility index (Phi) is 3.18. The maximum Gasteiger partial charge on any atom is 0.167 e.